The van der Waals surface area contributed by atoms with Crippen LogP contribution < -0.4 is 5.32 Å². The van der Waals surface area contributed by atoms with Gasteiger partial charge in [-0.2, -0.15) is 13.2 Å². The number of esters is 2. The fraction of sp³-hybridized carbons (Fsp3) is 0.826. The van der Waals surface area contributed by atoms with E-state index in [2.05, 4.69) is 10.0 Å². The van der Waals surface area contributed by atoms with E-state index in [-0.39, 0.29) is 13.2 Å². The molecule has 0 aromatic carbocycles. The molecule has 2 rings (SSSR count). The summed E-state index contributed by atoms with van der Waals surface area (Å²) < 4.78 is 66.6. The van der Waals surface area contributed by atoms with Gasteiger partial charge in [-0.3, -0.25) is 19.3 Å². The quantitative estimate of drug-likeness (QED) is 0.135. The minimum absolute atomic E-state index is 0.116. The van der Waals surface area contributed by atoms with E-state index < -0.39 is 72.9 Å². The number of carbonyl (C=O) groups is 4. The fourth-order valence-corrected chi connectivity index (χ4v) is 4.14. The lowest BCUT2D eigenvalue weighted by Crippen LogP contribution is -2.67. The summed E-state index contributed by atoms with van der Waals surface area (Å²) in [5.74, 6) is -4.22. The predicted molar refractivity (Wildman–Crippen MR) is 132 cm³/mol. The summed E-state index contributed by atoms with van der Waals surface area (Å²) in [5, 5.41) is 5.09. The molecule has 2 saturated heterocycles. The maximum Gasteiger partial charge on any atom is 0.471 e. The second-order valence-corrected chi connectivity index (χ2v) is 10.3. The Hall–Kier alpha value is -3.34. The number of carbonyl (C=O) groups excluding carboxylic acids is 4. The average Bonchev–Trinajstić information content (AvgIpc) is 2.84. The molecule has 0 radical (unpaired) electrons. The van der Waals surface area contributed by atoms with Gasteiger partial charge in [-0.15, -0.1) is 0 Å². The number of alkyl halides is 3. The standard InChI is InChI=1S/C23H35F3N6O9/c1-13(33)38-17-15(12-28-30-27)40-19(16(18(17)39-14(2)34)29-20(35)23(24,25)26)37-11-10-31-6-8-32(9-7-31)21(36)41-22(3,4)5/h15-19H,6-12H2,1-5H3,(H,29,35)/t15-,16-,17-,18-,19-/m1/s1. The van der Waals surface area contributed by atoms with Gasteiger partial charge in [0, 0.05) is 51.5 Å². The van der Waals surface area contributed by atoms with Crippen molar-refractivity contribution in [1.29, 1.82) is 0 Å². The van der Waals surface area contributed by atoms with Gasteiger partial charge in [0.25, 0.3) is 0 Å². The van der Waals surface area contributed by atoms with E-state index in [1.165, 1.54) is 0 Å². The van der Waals surface area contributed by atoms with Gasteiger partial charge in [-0.25, -0.2) is 4.79 Å². The summed E-state index contributed by atoms with van der Waals surface area (Å²) in [4.78, 5) is 53.9. The molecule has 2 aliphatic heterocycles. The third kappa shape index (κ3) is 10.9. The SMILES string of the molecule is CC(=O)O[C@@H]1[C@@H](NC(=O)C(F)(F)F)[C@H](OCCN2CCN(C(=O)OC(C)(C)C)CC2)O[C@H](CN=[N+]=[N-])[C@H]1OC(C)=O. The minimum Gasteiger partial charge on any atom is -0.456 e. The highest BCUT2D eigenvalue weighted by molar-refractivity contribution is 5.82. The molecule has 15 nitrogen and oxygen atoms in total. The first-order chi connectivity index (χ1) is 19.0. The molecule has 1 N–H and O–H groups in total. The van der Waals surface area contributed by atoms with Crippen LogP contribution in [0, 0.1) is 0 Å². The first-order valence-corrected chi connectivity index (χ1v) is 12.7. The van der Waals surface area contributed by atoms with Crippen molar-refractivity contribution in [3.8, 4) is 0 Å². The molecule has 0 unspecified atom stereocenters. The van der Waals surface area contributed by atoms with Crippen molar-refractivity contribution in [3.63, 3.8) is 0 Å². The molecule has 0 aromatic rings. The normalized spacial score (nSPS) is 25.5. The van der Waals surface area contributed by atoms with E-state index >= 15 is 0 Å². The van der Waals surface area contributed by atoms with Gasteiger partial charge >= 0.3 is 30.1 Å². The lowest BCUT2D eigenvalue weighted by Gasteiger charge is -2.45. The number of azide groups is 1. The van der Waals surface area contributed by atoms with Crippen LogP contribution in [0.5, 0.6) is 0 Å². The molecule has 0 aliphatic carbocycles. The van der Waals surface area contributed by atoms with E-state index in [0.29, 0.717) is 26.2 Å². The lowest BCUT2D eigenvalue weighted by molar-refractivity contribution is -0.271. The predicted octanol–water partition coefficient (Wildman–Crippen LogP) is 1.50. The molecule has 0 saturated carbocycles. The molecule has 0 aromatic heterocycles. The summed E-state index contributed by atoms with van der Waals surface area (Å²) in [6.07, 6.45) is -11.9. The Kier molecular flexibility index (Phi) is 12.0. The molecular formula is C23H35F3N6O9. The largest absolute Gasteiger partial charge is 0.471 e. The number of rotatable bonds is 9. The van der Waals surface area contributed by atoms with Crippen molar-refractivity contribution in [2.45, 2.75) is 77.0 Å². The van der Waals surface area contributed by atoms with Gasteiger partial charge in [0.2, 0.25) is 0 Å². The van der Waals surface area contributed by atoms with Gasteiger partial charge in [0.1, 0.15) is 17.7 Å². The highest BCUT2D eigenvalue weighted by atomic mass is 19.4. The van der Waals surface area contributed by atoms with Gasteiger partial charge in [0.05, 0.1) is 13.2 Å². The van der Waals surface area contributed by atoms with Crippen molar-refractivity contribution in [2.75, 3.05) is 45.9 Å². The van der Waals surface area contributed by atoms with Crippen LogP contribution in [0.25, 0.3) is 10.4 Å². The van der Waals surface area contributed by atoms with Crippen LogP contribution in [-0.2, 0) is 38.1 Å². The second-order valence-electron chi connectivity index (χ2n) is 10.3. The molecule has 2 aliphatic rings. The van der Waals surface area contributed by atoms with Crippen molar-refractivity contribution < 1.29 is 56.0 Å². The Morgan fingerprint density at radius 3 is 2.12 bits per heavy atom. The van der Waals surface area contributed by atoms with Crippen molar-refractivity contribution in [1.82, 2.24) is 15.1 Å². The van der Waals surface area contributed by atoms with Crippen LogP contribution in [-0.4, -0.2) is 122 Å². The molecule has 2 amide bonds. The van der Waals surface area contributed by atoms with Gasteiger partial charge in [0.15, 0.2) is 18.5 Å². The maximum absolute atomic E-state index is 13.2. The number of nitrogens with one attached hydrogen (secondary N) is 1. The van der Waals surface area contributed by atoms with Crippen LogP contribution in [0.15, 0.2) is 5.11 Å². The third-order valence-electron chi connectivity index (χ3n) is 5.84. The Bertz CT molecular complexity index is 994. The first kappa shape index (κ1) is 33.9. The lowest BCUT2D eigenvalue weighted by atomic mass is 9.95. The zero-order chi connectivity index (χ0) is 31.0. The second kappa shape index (κ2) is 14.5. The zero-order valence-electron chi connectivity index (χ0n) is 23.4. The molecule has 232 valence electrons. The Morgan fingerprint density at radius 2 is 1.61 bits per heavy atom. The Balaban J connectivity index is 2.18. The molecule has 0 bridgehead atoms. The van der Waals surface area contributed by atoms with Crippen molar-refractivity contribution in [3.05, 3.63) is 10.4 Å². The van der Waals surface area contributed by atoms with Crippen molar-refractivity contribution >= 4 is 23.9 Å². The van der Waals surface area contributed by atoms with E-state index in [1.807, 2.05) is 4.90 Å². The summed E-state index contributed by atoms with van der Waals surface area (Å²) in [6.45, 7) is 8.57. The molecular weight excluding hydrogens is 561 g/mol. The van der Waals surface area contributed by atoms with E-state index in [9.17, 15) is 32.3 Å². The highest BCUT2D eigenvalue weighted by Crippen LogP contribution is 2.29. The maximum atomic E-state index is 13.2. The summed E-state index contributed by atoms with van der Waals surface area (Å²) >= 11 is 0. The monoisotopic (exact) mass is 596 g/mol. The van der Waals surface area contributed by atoms with Gasteiger partial charge in [-0.1, -0.05) is 5.11 Å². The number of hydrogen-bond acceptors (Lipinski definition) is 11. The molecule has 18 heteroatoms. The number of ether oxygens (including phenoxy) is 5. The molecule has 5 atom stereocenters. The number of piperazine rings is 1. The Labute approximate surface area is 234 Å². The van der Waals surface area contributed by atoms with Crippen LogP contribution in [0.2, 0.25) is 0 Å². The van der Waals surface area contributed by atoms with Gasteiger partial charge in [-0.05, 0) is 26.3 Å². The van der Waals surface area contributed by atoms with Crippen molar-refractivity contribution in [2.24, 2.45) is 5.11 Å². The highest BCUT2D eigenvalue weighted by Gasteiger charge is 2.53. The zero-order valence-corrected chi connectivity index (χ0v) is 23.4. The average molecular weight is 597 g/mol. The summed E-state index contributed by atoms with van der Waals surface area (Å²) in [5.41, 5.74) is 8.11. The summed E-state index contributed by atoms with van der Waals surface area (Å²) in [6, 6.07) is -1.76. The smallest absolute Gasteiger partial charge is 0.456 e. The molecule has 2 fully saturated rings. The van der Waals surface area contributed by atoms with Crippen LogP contribution in [0.3, 0.4) is 0 Å². The van der Waals surface area contributed by atoms with Crippen LogP contribution in [0.4, 0.5) is 18.0 Å². The third-order valence-corrected chi connectivity index (χ3v) is 5.84. The van der Waals surface area contributed by atoms with E-state index in [4.69, 9.17) is 29.2 Å². The molecule has 2 heterocycles. The number of halogens is 3. The Morgan fingerprint density at radius 1 is 1.02 bits per heavy atom. The van der Waals surface area contributed by atoms with Crippen LogP contribution in [0.1, 0.15) is 34.6 Å². The van der Waals surface area contributed by atoms with Gasteiger partial charge < -0.3 is 33.9 Å². The number of nitrogens with zero attached hydrogens (tertiary/aromatic N) is 5. The number of amides is 2. The molecule has 0 spiro atoms. The minimum atomic E-state index is -5.31. The van der Waals surface area contributed by atoms with E-state index in [1.54, 1.807) is 31.0 Å². The van der Waals surface area contributed by atoms with Crippen LogP contribution >= 0.6 is 0 Å². The van der Waals surface area contributed by atoms with E-state index in [0.717, 1.165) is 13.8 Å². The topological polar surface area (TPSA) is 182 Å². The fourth-order valence-electron chi connectivity index (χ4n) is 4.14. The number of hydrogen-bond donors (Lipinski definition) is 1. The summed E-state index contributed by atoms with van der Waals surface area (Å²) in [7, 11) is 0. The first-order valence-electron chi connectivity index (χ1n) is 12.7. The molecule has 41 heavy (non-hydrogen) atoms.